The number of hydrogen-bond donors (Lipinski definition) is 1. The van der Waals surface area contributed by atoms with Crippen LogP contribution in [0.2, 0.25) is 5.02 Å². The first-order chi connectivity index (χ1) is 16.2. The number of rotatable bonds is 7. The molecule has 0 atom stereocenters. The molecule has 34 heavy (non-hydrogen) atoms. The molecular formula is C23H16ClF4N3O3. The van der Waals surface area contributed by atoms with E-state index in [0.717, 1.165) is 18.2 Å². The van der Waals surface area contributed by atoms with E-state index in [4.69, 9.17) is 20.8 Å². The molecule has 2 aromatic carbocycles. The van der Waals surface area contributed by atoms with Crippen LogP contribution in [0, 0.1) is 5.82 Å². The summed E-state index contributed by atoms with van der Waals surface area (Å²) >= 11 is 5.90. The Balaban J connectivity index is 1.35. The van der Waals surface area contributed by atoms with Crippen molar-refractivity contribution in [1.29, 1.82) is 0 Å². The lowest BCUT2D eigenvalue weighted by Crippen LogP contribution is -2.10. The number of carbonyl (C=O) groups is 1. The number of nitrogens with one attached hydrogen (secondary N) is 1. The topological polar surface area (TPSA) is 69.3 Å². The van der Waals surface area contributed by atoms with Gasteiger partial charge in [0.25, 0.3) is 5.91 Å². The number of anilines is 1. The van der Waals surface area contributed by atoms with Gasteiger partial charge in [0.15, 0.2) is 5.76 Å². The molecule has 0 saturated heterocycles. The minimum atomic E-state index is -4.43. The van der Waals surface area contributed by atoms with E-state index >= 15 is 0 Å². The number of amides is 1. The van der Waals surface area contributed by atoms with Gasteiger partial charge < -0.3 is 14.5 Å². The lowest BCUT2D eigenvalue weighted by Gasteiger charge is -2.08. The minimum Gasteiger partial charge on any atom is -0.484 e. The summed E-state index contributed by atoms with van der Waals surface area (Å²) in [6.45, 7) is 0.0571. The van der Waals surface area contributed by atoms with E-state index in [0.29, 0.717) is 17.0 Å². The molecule has 0 aliphatic carbocycles. The fraction of sp³-hybridized carbons (Fsp3) is 0.130. The fourth-order valence-electron chi connectivity index (χ4n) is 3.06. The third-order valence-electron chi connectivity index (χ3n) is 4.64. The Bertz CT molecular complexity index is 1320. The van der Waals surface area contributed by atoms with Gasteiger partial charge in [-0.15, -0.1) is 0 Å². The van der Waals surface area contributed by atoms with Gasteiger partial charge in [0.1, 0.15) is 23.9 Å². The highest BCUT2D eigenvalue weighted by molar-refractivity contribution is 6.32. The number of halogens is 5. The Labute approximate surface area is 195 Å². The van der Waals surface area contributed by atoms with Crippen molar-refractivity contribution < 1.29 is 31.5 Å². The maximum Gasteiger partial charge on any atom is 0.416 e. The van der Waals surface area contributed by atoms with Gasteiger partial charge in [-0.25, -0.2) is 4.39 Å². The molecule has 4 rings (SSSR count). The zero-order valence-corrected chi connectivity index (χ0v) is 18.0. The average molecular weight is 494 g/mol. The van der Waals surface area contributed by atoms with Crippen molar-refractivity contribution in [2.24, 2.45) is 0 Å². The molecule has 0 bridgehead atoms. The molecule has 2 aromatic heterocycles. The first-order valence-corrected chi connectivity index (χ1v) is 10.2. The highest BCUT2D eigenvalue weighted by atomic mass is 35.5. The molecule has 6 nitrogen and oxygen atoms in total. The Morgan fingerprint density at radius 2 is 1.97 bits per heavy atom. The summed E-state index contributed by atoms with van der Waals surface area (Å²) in [5.74, 6) is -0.434. The second kappa shape index (κ2) is 9.60. The van der Waals surface area contributed by atoms with Crippen LogP contribution in [0.3, 0.4) is 0 Å². The highest BCUT2D eigenvalue weighted by Crippen LogP contribution is 2.30. The van der Waals surface area contributed by atoms with E-state index in [1.54, 1.807) is 12.1 Å². The van der Waals surface area contributed by atoms with Crippen molar-refractivity contribution in [2.45, 2.75) is 19.3 Å². The van der Waals surface area contributed by atoms with Crippen molar-refractivity contribution in [3.63, 3.8) is 0 Å². The normalized spacial score (nSPS) is 11.4. The van der Waals surface area contributed by atoms with E-state index in [1.807, 2.05) is 0 Å². The van der Waals surface area contributed by atoms with Crippen molar-refractivity contribution >= 4 is 23.2 Å². The molecule has 0 aliphatic heterocycles. The first-order valence-electron chi connectivity index (χ1n) is 9.84. The summed E-state index contributed by atoms with van der Waals surface area (Å²) < 4.78 is 64.1. The van der Waals surface area contributed by atoms with Crippen molar-refractivity contribution in [3.8, 4) is 5.75 Å². The van der Waals surface area contributed by atoms with Crippen LogP contribution < -0.4 is 10.1 Å². The summed E-state index contributed by atoms with van der Waals surface area (Å²) in [6, 6.07) is 11.6. The smallest absolute Gasteiger partial charge is 0.416 e. The number of carbonyl (C=O) groups excluding carboxylic acids is 1. The van der Waals surface area contributed by atoms with Crippen LogP contribution in [0.25, 0.3) is 0 Å². The van der Waals surface area contributed by atoms with Crippen LogP contribution in [-0.4, -0.2) is 15.7 Å². The van der Waals surface area contributed by atoms with Gasteiger partial charge in [-0.05, 0) is 48.0 Å². The van der Waals surface area contributed by atoms with Gasteiger partial charge in [0, 0.05) is 6.20 Å². The fourth-order valence-corrected chi connectivity index (χ4v) is 3.28. The number of alkyl halides is 3. The Morgan fingerprint density at radius 1 is 1.15 bits per heavy atom. The molecule has 4 aromatic rings. The number of nitrogens with zero attached hydrogens (tertiary/aromatic N) is 2. The van der Waals surface area contributed by atoms with Gasteiger partial charge in [-0.1, -0.05) is 23.7 Å². The Kier molecular flexibility index (Phi) is 6.60. The van der Waals surface area contributed by atoms with Crippen molar-refractivity contribution in [2.75, 3.05) is 5.32 Å². The quantitative estimate of drug-likeness (QED) is 0.313. The molecule has 2 heterocycles. The SMILES string of the molecule is O=C(Nc1cnn(Cc2cccc(C(F)(F)F)c2)c1)c1ccc(COc2ccc(F)cc2Cl)o1. The third kappa shape index (κ3) is 5.76. The van der Waals surface area contributed by atoms with Crippen molar-refractivity contribution in [1.82, 2.24) is 9.78 Å². The molecule has 0 unspecified atom stereocenters. The molecule has 0 aliphatic rings. The lowest BCUT2D eigenvalue weighted by atomic mass is 10.1. The number of furan rings is 1. The molecule has 176 valence electrons. The second-order valence-corrected chi connectivity index (χ2v) is 7.62. The van der Waals surface area contributed by atoms with E-state index in [2.05, 4.69) is 10.4 Å². The minimum absolute atomic E-state index is 0.00873. The van der Waals surface area contributed by atoms with Crippen LogP contribution in [0.5, 0.6) is 5.75 Å². The van der Waals surface area contributed by atoms with Gasteiger partial charge in [-0.2, -0.15) is 18.3 Å². The Morgan fingerprint density at radius 3 is 2.74 bits per heavy atom. The zero-order valence-electron chi connectivity index (χ0n) is 17.3. The molecule has 0 radical (unpaired) electrons. The van der Waals surface area contributed by atoms with Gasteiger partial charge in [-0.3, -0.25) is 9.48 Å². The standard InChI is InChI=1S/C23H16ClF4N3O3/c24-19-9-16(25)4-6-20(19)33-13-18-5-7-21(34-18)22(32)30-17-10-29-31(12-17)11-14-2-1-3-15(8-14)23(26,27)28/h1-10,12H,11,13H2,(H,30,32). The summed E-state index contributed by atoms with van der Waals surface area (Å²) in [7, 11) is 0. The van der Waals surface area contributed by atoms with Gasteiger partial charge in [0.2, 0.25) is 0 Å². The number of aromatic nitrogens is 2. The molecule has 0 saturated carbocycles. The highest BCUT2D eigenvalue weighted by Gasteiger charge is 2.30. The van der Waals surface area contributed by atoms with Gasteiger partial charge >= 0.3 is 6.18 Å². The monoisotopic (exact) mass is 493 g/mol. The van der Waals surface area contributed by atoms with Crippen LogP contribution >= 0.6 is 11.6 Å². The maximum absolute atomic E-state index is 13.1. The predicted octanol–water partition coefficient (Wildman–Crippen LogP) is 6.17. The van der Waals surface area contributed by atoms with Crippen LogP contribution in [0.4, 0.5) is 23.2 Å². The van der Waals surface area contributed by atoms with Gasteiger partial charge in [0.05, 0.1) is 29.0 Å². The molecule has 0 fully saturated rings. The van der Waals surface area contributed by atoms with Crippen LogP contribution in [0.15, 0.2) is 71.4 Å². The van der Waals surface area contributed by atoms with Crippen molar-refractivity contribution in [3.05, 3.63) is 100 Å². The summed E-state index contributed by atoms with van der Waals surface area (Å²) in [6.07, 6.45) is -1.58. The zero-order chi connectivity index (χ0) is 24.3. The molecule has 1 amide bonds. The molecular weight excluding hydrogens is 478 g/mol. The second-order valence-electron chi connectivity index (χ2n) is 7.21. The number of ether oxygens (including phenoxy) is 1. The van der Waals surface area contributed by atoms with E-state index in [9.17, 15) is 22.4 Å². The summed E-state index contributed by atoms with van der Waals surface area (Å²) in [5, 5.41) is 6.77. The number of hydrogen-bond acceptors (Lipinski definition) is 4. The van der Waals surface area contributed by atoms with Crippen LogP contribution in [-0.2, 0) is 19.3 Å². The Hall–Kier alpha value is -3.79. The van der Waals surface area contributed by atoms with Crippen LogP contribution in [0.1, 0.15) is 27.4 Å². The van der Waals surface area contributed by atoms with E-state index in [-0.39, 0.29) is 29.7 Å². The summed E-state index contributed by atoms with van der Waals surface area (Å²) in [5.41, 5.74) is 0.00184. The largest absolute Gasteiger partial charge is 0.484 e. The number of benzene rings is 2. The van der Waals surface area contributed by atoms with E-state index < -0.39 is 23.5 Å². The predicted molar refractivity (Wildman–Crippen MR) is 115 cm³/mol. The first kappa shape index (κ1) is 23.4. The molecule has 0 spiro atoms. The maximum atomic E-state index is 13.1. The molecule has 1 N–H and O–H groups in total. The summed E-state index contributed by atoms with van der Waals surface area (Å²) in [4.78, 5) is 12.4. The average Bonchev–Trinajstić information content (AvgIpc) is 3.42. The molecule has 11 heteroatoms. The van der Waals surface area contributed by atoms with E-state index in [1.165, 1.54) is 41.3 Å². The third-order valence-corrected chi connectivity index (χ3v) is 4.93. The lowest BCUT2D eigenvalue weighted by molar-refractivity contribution is -0.137.